The Labute approximate surface area is 526 Å². The third kappa shape index (κ3) is 70.4. The molecule has 2 unspecified atom stereocenters. The summed E-state index contributed by atoms with van der Waals surface area (Å²) in [4.78, 5) is 35.4. The zero-order valence-electron chi connectivity index (χ0n) is 55.8. The van der Waals surface area contributed by atoms with Crippen LogP contribution < -0.4 is 5.73 Å². The summed E-state index contributed by atoms with van der Waals surface area (Å²) in [5.41, 5.74) is 5.41. The van der Waals surface area contributed by atoms with Crippen molar-refractivity contribution in [1.29, 1.82) is 0 Å². The smallest absolute Gasteiger partial charge is 0.462 e. The van der Waals surface area contributed by atoms with Gasteiger partial charge in [0.05, 0.1) is 13.2 Å². The standard InChI is InChI=1S/C75H138NO8P/c1-3-5-7-9-11-13-15-17-19-21-23-25-27-29-31-32-33-34-35-36-37-38-39-40-42-44-46-48-50-52-54-56-58-60-62-64-66-68-75(78)84-73(72-83-85(79,80)82-70-69-76)71-81-74(77)67-65-63-61-59-57-55-53-51-49-47-45-43-41-30-28-26-24-22-20-18-16-14-12-10-8-6-4-2/h15-18,21-24,27-30,73H,3-14,19-20,25-26,31-72,76H2,1-2H3,(H,79,80)/b17-15-,18-16-,23-21-,24-22-,29-27-,30-28-. The average molecular weight is 1210 g/mol. The molecule has 0 aliphatic carbocycles. The van der Waals surface area contributed by atoms with E-state index in [0.29, 0.717) is 6.42 Å². The molecular weight excluding hydrogens is 1070 g/mol. The van der Waals surface area contributed by atoms with Crippen molar-refractivity contribution in [2.24, 2.45) is 5.73 Å². The molecule has 0 aliphatic heterocycles. The van der Waals surface area contributed by atoms with Gasteiger partial charge in [0, 0.05) is 19.4 Å². The number of esters is 2. The van der Waals surface area contributed by atoms with E-state index in [9.17, 15) is 19.0 Å². The average Bonchev–Trinajstić information content (AvgIpc) is 3.52. The Bertz CT molecular complexity index is 1620. The number of ether oxygens (including phenoxy) is 2. The van der Waals surface area contributed by atoms with Crippen LogP contribution in [0.4, 0.5) is 0 Å². The van der Waals surface area contributed by atoms with Gasteiger partial charge in [-0.05, 0) is 89.9 Å². The van der Waals surface area contributed by atoms with Crippen molar-refractivity contribution in [1.82, 2.24) is 0 Å². The van der Waals surface area contributed by atoms with Crippen LogP contribution in [0.5, 0.6) is 0 Å². The quantitative estimate of drug-likeness (QED) is 0.0264. The SMILES string of the molecule is CCCCCCC/C=C\C/C=C\C/C=C\CCCCCCCCCCCCCCCCCCCCCCCCC(=O)OC(COC(=O)CCCCCCCCCCCCCC/C=C\C/C=C\C/C=C\CCCCCCC)COP(=O)(O)OCCN. The van der Waals surface area contributed by atoms with Crippen LogP contribution in [0.2, 0.25) is 0 Å². The molecule has 0 spiro atoms. The lowest BCUT2D eigenvalue weighted by Gasteiger charge is -2.19. The molecule has 0 heterocycles. The van der Waals surface area contributed by atoms with Crippen molar-refractivity contribution in [3.63, 3.8) is 0 Å². The topological polar surface area (TPSA) is 134 Å². The van der Waals surface area contributed by atoms with E-state index < -0.39 is 26.5 Å². The highest BCUT2D eigenvalue weighted by Crippen LogP contribution is 2.43. The van der Waals surface area contributed by atoms with Gasteiger partial charge in [-0.25, -0.2) is 4.57 Å². The molecular formula is C75H138NO8P. The van der Waals surface area contributed by atoms with Crippen LogP contribution >= 0.6 is 7.82 Å². The van der Waals surface area contributed by atoms with Crippen molar-refractivity contribution in [2.75, 3.05) is 26.4 Å². The summed E-state index contributed by atoms with van der Waals surface area (Å²) < 4.78 is 33.2. The van der Waals surface area contributed by atoms with Gasteiger partial charge < -0.3 is 20.1 Å². The van der Waals surface area contributed by atoms with Crippen molar-refractivity contribution in [3.05, 3.63) is 72.9 Å². The molecule has 0 aromatic rings. The first kappa shape index (κ1) is 82.5. The molecule has 2 atom stereocenters. The third-order valence-corrected chi connectivity index (χ3v) is 17.0. The Morgan fingerprint density at radius 2 is 0.612 bits per heavy atom. The lowest BCUT2D eigenvalue weighted by molar-refractivity contribution is -0.161. The van der Waals surface area contributed by atoms with E-state index in [2.05, 4.69) is 86.8 Å². The molecule has 0 saturated heterocycles. The first-order valence-corrected chi connectivity index (χ1v) is 37.9. The minimum atomic E-state index is -4.40. The number of phosphoric ester groups is 1. The first-order valence-electron chi connectivity index (χ1n) is 36.4. The lowest BCUT2D eigenvalue weighted by atomic mass is 10.0. The molecule has 10 heteroatoms. The van der Waals surface area contributed by atoms with E-state index in [1.54, 1.807) is 0 Å². The van der Waals surface area contributed by atoms with E-state index in [-0.39, 0.29) is 38.6 Å². The molecule has 0 rings (SSSR count). The summed E-state index contributed by atoms with van der Waals surface area (Å²) in [6.07, 6.45) is 92.9. The maximum Gasteiger partial charge on any atom is 0.472 e. The summed E-state index contributed by atoms with van der Waals surface area (Å²) in [7, 11) is -4.40. The van der Waals surface area contributed by atoms with Crippen molar-refractivity contribution < 1.29 is 37.6 Å². The highest BCUT2D eigenvalue weighted by molar-refractivity contribution is 7.47. The minimum absolute atomic E-state index is 0.0530. The summed E-state index contributed by atoms with van der Waals surface area (Å²) in [5, 5.41) is 0. The van der Waals surface area contributed by atoms with Gasteiger partial charge in [0.15, 0.2) is 6.10 Å². The molecule has 85 heavy (non-hydrogen) atoms. The monoisotopic (exact) mass is 1210 g/mol. The predicted molar refractivity (Wildman–Crippen MR) is 367 cm³/mol. The Hall–Kier alpha value is -2.55. The fraction of sp³-hybridized carbons (Fsp3) is 0.813. The van der Waals surface area contributed by atoms with E-state index in [0.717, 1.165) is 57.8 Å². The minimum Gasteiger partial charge on any atom is -0.462 e. The number of allylic oxidation sites excluding steroid dienone is 12. The molecule has 3 N–H and O–H groups in total. The number of carbonyl (C=O) groups excluding carboxylic acids is 2. The fourth-order valence-corrected chi connectivity index (χ4v) is 11.4. The Morgan fingerprint density at radius 1 is 0.353 bits per heavy atom. The first-order chi connectivity index (χ1) is 41.8. The van der Waals surface area contributed by atoms with Crippen molar-refractivity contribution in [2.45, 2.75) is 367 Å². The van der Waals surface area contributed by atoms with E-state index >= 15 is 0 Å². The number of hydrogen-bond donors (Lipinski definition) is 2. The second kappa shape index (κ2) is 70.5. The zero-order chi connectivity index (χ0) is 61.6. The third-order valence-electron chi connectivity index (χ3n) is 16.1. The summed E-state index contributed by atoms with van der Waals surface area (Å²) in [5.74, 6) is -0.815. The molecule has 0 radical (unpaired) electrons. The van der Waals surface area contributed by atoms with Crippen LogP contribution in [0.3, 0.4) is 0 Å². The van der Waals surface area contributed by atoms with Crippen molar-refractivity contribution >= 4 is 19.8 Å². The number of unbranched alkanes of at least 4 members (excludes halogenated alkanes) is 44. The van der Waals surface area contributed by atoms with Gasteiger partial charge >= 0.3 is 19.8 Å². The van der Waals surface area contributed by atoms with Gasteiger partial charge in [-0.15, -0.1) is 0 Å². The van der Waals surface area contributed by atoms with Crippen LogP contribution in [-0.2, 0) is 32.7 Å². The fourth-order valence-electron chi connectivity index (χ4n) is 10.7. The van der Waals surface area contributed by atoms with Crippen LogP contribution in [0.15, 0.2) is 72.9 Å². The van der Waals surface area contributed by atoms with Gasteiger partial charge in [-0.3, -0.25) is 18.6 Å². The summed E-state index contributed by atoms with van der Waals surface area (Å²) in [6, 6.07) is 0. The molecule has 0 bridgehead atoms. The molecule has 0 fully saturated rings. The number of hydrogen-bond acceptors (Lipinski definition) is 8. The Kier molecular flexibility index (Phi) is 68.4. The molecule has 0 aromatic carbocycles. The van der Waals surface area contributed by atoms with Gasteiger partial charge in [-0.2, -0.15) is 0 Å². The van der Waals surface area contributed by atoms with Crippen LogP contribution in [0, 0.1) is 0 Å². The number of nitrogens with two attached hydrogens (primary N) is 1. The number of carbonyl (C=O) groups is 2. The summed E-state index contributed by atoms with van der Waals surface area (Å²) >= 11 is 0. The van der Waals surface area contributed by atoms with Crippen molar-refractivity contribution in [3.8, 4) is 0 Å². The normalized spacial score (nSPS) is 13.3. The summed E-state index contributed by atoms with van der Waals surface area (Å²) in [6.45, 7) is 3.77. The second-order valence-electron chi connectivity index (χ2n) is 24.5. The molecule has 0 aromatic heterocycles. The largest absolute Gasteiger partial charge is 0.472 e. The van der Waals surface area contributed by atoms with Gasteiger partial charge in [0.2, 0.25) is 0 Å². The van der Waals surface area contributed by atoms with Crippen LogP contribution in [-0.4, -0.2) is 49.3 Å². The van der Waals surface area contributed by atoms with E-state index in [1.165, 1.54) is 270 Å². The van der Waals surface area contributed by atoms with Gasteiger partial charge in [0.1, 0.15) is 6.61 Å². The maximum absolute atomic E-state index is 12.8. The maximum atomic E-state index is 12.8. The van der Waals surface area contributed by atoms with E-state index in [4.69, 9.17) is 24.3 Å². The Morgan fingerprint density at radius 3 is 0.906 bits per heavy atom. The van der Waals surface area contributed by atoms with Gasteiger partial charge in [0.25, 0.3) is 0 Å². The molecule has 496 valence electrons. The second-order valence-corrected chi connectivity index (χ2v) is 25.9. The Balaban J connectivity index is 3.82. The molecule has 9 nitrogen and oxygen atoms in total. The highest BCUT2D eigenvalue weighted by atomic mass is 31.2. The molecule has 0 saturated carbocycles. The van der Waals surface area contributed by atoms with Crippen LogP contribution in [0.25, 0.3) is 0 Å². The molecule has 0 aliphatic rings. The lowest BCUT2D eigenvalue weighted by Crippen LogP contribution is -2.29. The van der Waals surface area contributed by atoms with E-state index in [1.807, 2.05) is 0 Å². The van der Waals surface area contributed by atoms with Gasteiger partial charge in [-0.1, -0.05) is 331 Å². The zero-order valence-corrected chi connectivity index (χ0v) is 56.7. The van der Waals surface area contributed by atoms with Crippen LogP contribution in [0.1, 0.15) is 361 Å². The molecule has 0 amide bonds. The number of rotatable bonds is 69. The number of phosphoric acid groups is 1. The highest BCUT2D eigenvalue weighted by Gasteiger charge is 2.26. The predicted octanol–water partition coefficient (Wildman–Crippen LogP) is 24.0.